The number of carbonyl (C=O) groups excluding carboxylic acids is 1. The van der Waals surface area contributed by atoms with E-state index in [1.807, 2.05) is 0 Å². The summed E-state index contributed by atoms with van der Waals surface area (Å²) in [6.07, 6.45) is 0.894. The van der Waals surface area contributed by atoms with Crippen molar-refractivity contribution in [1.29, 1.82) is 0 Å². The van der Waals surface area contributed by atoms with Crippen LogP contribution >= 0.6 is 0 Å². The van der Waals surface area contributed by atoms with Gasteiger partial charge in [-0.05, 0) is 12.8 Å². The minimum Gasteiger partial charge on any atom is -0.481 e. The van der Waals surface area contributed by atoms with E-state index in [-0.39, 0.29) is 18.7 Å². The largest absolute Gasteiger partial charge is 0.481 e. The zero-order valence-corrected chi connectivity index (χ0v) is 7.98. The van der Waals surface area contributed by atoms with E-state index in [9.17, 15) is 14.7 Å². The van der Waals surface area contributed by atoms with Crippen LogP contribution in [0.4, 0.5) is 0 Å². The standard InChI is InChI=1S/C9H15NO4/c11-7-4-5-10(6-7)8(12)2-1-3-9(13)14/h7,11H,1-6H2,(H,13,14)/t7-/m0/s1. The van der Waals surface area contributed by atoms with Crippen molar-refractivity contribution in [3.8, 4) is 0 Å². The number of carbonyl (C=O) groups is 2. The van der Waals surface area contributed by atoms with Gasteiger partial charge in [-0.25, -0.2) is 0 Å². The highest BCUT2D eigenvalue weighted by Crippen LogP contribution is 2.11. The monoisotopic (exact) mass is 201 g/mol. The highest BCUT2D eigenvalue weighted by atomic mass is 16.4. The molecule has 1 amide bonds. The third-order valence-electron chi connectivity index (χ3n) is 2.30. The number of carboxylic acid groups (broad SMARTS) is 1. The topological polar surface area (TPSA) is 77.8 Å². The molecule has 2 N–H and O–H groups in total. The molecule has 80 valence electrons. The predicted octanol–water partition coefficient (Wildman–Crippen LogP) is -0.165. The minimum atomic E-state index is -0.876. The second-order valence-electron chi connectivity index (χ2n) is 3.53. The smallest absolute Gasteiger partial charge is 0.303 e. The fourth-order valence-electron chi connectivity index (χ4n) is 1.52. The van der Waals surface area contributed by atoms with E-state index in [1.165, 1.54) is 0 Å². The Labute approximate surface area is 82.3 Å². The predicted molar refractivity (Wildman–Crippen MR) is 48.7 cm³/mol. The number of nitrogens with zero attached hydrogens (tertiary/aromatic N) is 1. The maximum Gasteiger partial charge on any atom is 0.303 e. The van der Waals surface area contributed by atoms with Crippen LogP contribution in [0.5, 0.6) is 0 Å². The summed E-state index contributed by atoms with van der Waals surface area (Å²) < 4.78 is 0. The fraction of sp³-hybridized carbons (Fsp3) is 0.778. The number of hydrogen-bond acceptors (Lipinski definition) is 3. The molecule has 5 heteroatoms. The van der Waals surface area contributed by atoms with Gasteiger partial charge in [-0.15, -0.1) is 0 Å². The zero-order valence-electron chi connectivity index (χ0n) is 7.98. The van der Waals surface area contributed by atoms with Gasteiger partial charge in [0.15, 0.2) is 0 Å². The Hall–Kier alpha value is -1.10. The Kier molecular flexibility index (Phi) is 3.88. The molecule has 0 saturated carbocycles. The van der Waals surface area contributed by atoms with Gasteiger partial charge in [-0.3, -0.25) is 9.59 Å². The van der Waals surface area contributed by atoms with Crippen LogP contribution in [-0.2, 0) is 9.59 Å². The number of rotatable bonds is 4. The molecule has 0 aromatic rings. The van der Waals surface area contributed by atoms with E-state index in [2.05, 4.69) is 0 Å². The Bertz CT molecular complexity index is 229. The van der Waals surface area contributed by atoms with Gasteiger partial charge < -0.3 is 15.1 Å². The van der Waals surface area contributed by atoms with Gasteiger partial charge in [0.1, 0.15) is 0 Å². The van der Waals surface area contributed by atoms with Crippen LogP contribution in [0.25, 0.3) is 0 Å². The van der Waals surface area contributed by atoms with E-state index < -0.39 is 12.1 Å². The summed E-state index contributed by atoms with van der Waals surface area (Å²) in [6, 6.07) is 0. The first-order valence-corrected chi connectivity index (χ1v) is 4.77. The van der Waals surface area contributed by atoms with Crippen LogP contribution in [0.2, 0.25) is 0 Å². The van der Waals surface area contributed by atoms with Crippen molar-refractivity contribution in [2.75, 3.05) is 13.1 Å². The van der Waals surface area contributed by atoms with Crippen molar-refractivity contribution in [2.45, 2.75) is 31.8 Å². The first kappa shape index (κ1) is 11.0. The number of carboxylic acids is 1. The highest BCUT2D eigenvalue weighted by Gasteiger charge is 2.23. The SMILES string of the molecule is O=C(O)CCCC(=O)N1CC[C@H](O)C1. The summed E-state index contributed by atoms with van der Waals surface area (Å²) in [7, 11) is 0. The van der Waals surface area contributed by atoms with Crippen LogP contribution < -0.4 is 0 Å². The zero-order chi connectivity index (χ0) is 10.6. The summed E-state index contributed by atoms with van der Waals surface area (Å²) in [4.78, 5) is 23.2. The minimum absolute atomic E-state index is 0.0299. The van der Waals surface area contributed by atoms with E-state index in [0.717, 1.165) is 0 Å². The third kappa shape index (κ3) is 3.33. The molecule has 1 aliphatic heterocycles. The molecule has 0 unspecified atom stereocenters. The second kappa shape index (κ2) is 4.95. The molecular weight excluding hydrogens is 186 g/mol. The van der Waals surface area contributed by atoms with Crippen molar-refractivity contribution in [1.82, 2.24) is 4.90 Å². The molecule has 1 rings (SSSR count). The van der Waals surface area contributed by atoms with Crippen LogP contribution in [-0.4, -0.2) is 46.2 Å². The lowest BCUT2D eigenvalue weighted by atomic mass is 10.2. The highest BCUT2D eigenvalue weighted by molar-refractivity contribution is 5.77. The third-order valence-corrected chi connectivity index (χ3v) is 2.30. The second-order valence-corrected chi connectivity index (χ2v) is 3.53. The molecule has 1 heterocycles. The van der Waals surface area contributed by atoms with E-state index in [0.29, 0.717) is 25.9 Å². The number of aliphatic hydroxyl groups is 1. The number of hydrogen-bond donors (Lipinski definition) is 2. The van der Waals surface area contributed by atoms with E-state index in [4.69, 9.17) is 5.11 Å². The maximum absolute atomic E-state index is 11.4. The molecule has 0 radical (unpaired) electrons. The summed E-state index contributed by atoms with van der Waals surface area (Å²) in [5.41, 5.74) is 0. The number of amides is 1. The molecule has 1 aliphatic rings. The average Bonchev–Trinajstić information content (AvgIpc) is 2.51. The molecular formula is C9H15NO4. The fourth-order valence-corrected chi connectivity index (χ4v) is 1.52. The molecule has 0 aliphatic carbocycles. The summed E-state index contributed by atoms with van der Waals surface area (Å²) >= 11 is 0. The Morgan fingerprint density at radius 3 is 2.57 bits per heavy atom. The van der Waals surface area contributed by atoms with Gasteiger partial charge >= 0.3 is 5.97 Å². The molecule has 1 fully saturated rings. The summed E-state index contributed by atoms with van der Waals surface area (Å²) in [5, 5.41) is 17.5. The molecule has 0 spiro atoms. The van der Waals surface area contributed by atoms with Crippen molar-refractivity contribution in [3.63, 3.8) is 0 Å². The van der Waals surface area contributed by atoms with Gasteiger partial charge in [0, 0.05) is 25.9 Å². The van der Waals surface area contributed by atoms with E-state index >= 15 is 0 Å². The number of likely N-dealkylation sites (tertiary alicyclic amines) is 1. The molecule has 1 saturated heterocycles. The van der Waals surface area contributed by atoms with Crippen molar-refractivity contribution >= 4 is 11.9 Å². The number of β-amino-alcohol motifs (C(OH)–C–C–N with tert-alkyl or cyclic N) is 1. The van der Waals surface area contributed by atoms with Crippen molar-refractivity contribution in [2.24, 2.45) is 0 Å². The molecule has 5 nitrogen and oxygen atoms in total. The Morgan fingerprint density at radius 2 is 2.07 bits per heavy atom. The first-order chi connectivity index (χ1) is 6.59. The Morgan fingerprint density at radius 1 is 1.36 bits per heavy atom. The first-order valence-electron chi connectivity index (χ1n) is 4.77. The van der Waals surface area contributed by atoms with Gasteiger partial charge in [-0.2, -0.15) is 0 Å². The number of aliphatic hydroxyl groups excluding tert-OH is 1. The van der Waals surface area contributed by atoms with Crippen LogP contribution in [0, 0.1) is 0 Å². The van der Waals surface area contributed by atoms with Crippen molar-refractivity contribution < 1.29 is 19.8 Å². The van der Waals surface area contributed by atoms with Gasteiger partial charge in [0.25, 0.3) is 0 Å². The lowest BCUT2D eigenvalue weighted by molar-refractivity contribution is -0.137. The molecule has 0 aromatic carbocycles. The maximum atomic E-state index is 11.4. The molecule has 0 bridgehead atoms. The molecule has 14 heavy (non-hydrogen) atoms. The van der Waals surface area contributed by atoms with Gasteiger partial charge in [-0.1, -0.05) is 0 Å². The summed E-state index contributed by atoms with van der Waals surface area (Å²) in [5.74, 6) is -0.929. The van der Waals surface area contributed by atoms with Crippen LogP contribution in [0.3, 0.4) is 0 Å². The van der Waals surface area contributed by atoms with E-state index in [1.54, 1.807) is 4.90 Å². The lowest BCUT2D eigenvalue weighted by Crippen LogP contribution is -2.29. The lowest BCUT2D eigenvalue weighted by Gasteiger charge is -2.14. The average molecular weight is 201 g/mol. The Balaban J connectivity index is 2.18. The quantitative estimate of drug-likeness (QED) is 0.662. The van der Waals surface area contributed by atoms with Crippen molar-refractivity contribution in [3.05, 3.63) is 0 Å². The van der Waals surface area contributed by atoms with Crippen LogP contribution in [0.15, 0.2) is 0 Å². The molecule has 0 aromatic heterocycles. The number of aliphatic carboxylic acids is 1. The molecule has 1 atom stereocenters. The van der Waals surface area contributed by atoms with Crippen LogP contribution in [0.1, 0.15) is 25.7 Å². The normalized spacial score (nSPS) is 21.2. The van der Waals surface area contributed by atoms with Gasteiger partial charge in [0.05, 0.1) is 6.10 Å². The summed E-state index contributed by atoms with van der Waals surface area (Å²) in [6.45, 7) is 0.985. The van der Waals surface area contributed by atoms with Gasteiger partial charge in [0.2, 0.25) is 5.91 Å².